The second-order valence-electron chi connectivity index (χ2n) is 6.82. The van der Waals surface area contributed by atoms with Gasteiger partial charge in [-0.05, 0) is 44.9 Å². The van der Waals surface area contributed by atoms with E-state index in [4.69, 9.17) is 0 Å². The first kappa shape index (κ1) is 18.5. The smallest absolute Gasteiger partial charge is 0.321 e. The van der Waals surface area contributed by atoms with Crippen molar-refractivity contribution in [3.05, 3.63) is 35.4 Å². The maximum Gasteiger partial charge on any atom is 0.321 e. The Morgan fingerprint density at radius 2 is 1.88 bits per heavy atom. The predicted molar refractivity (Wildman–Crippen MR) is 95.7 cm³/mol. The van der Waals surface area contributed by atoms with Crippen molar-refractivity contribution in [2.45, 2.75) is 64.6 Å². The van der Waals surface area contributed by atoms with Gasteiger partial charge in [0.05, 0.1) is 6.04 Å². The van der Waals surface area contributed by atoms with Gasteiger partial charge in [0.1, 0.15) is 0 Å². The van der Waals surface area contributed by atoms with E-state index in [1.54, 1.807) is 0 Å². The number of carbonyl (C=O) groups excluding carboxylic acids is 2. The maximum atomic E-state index is 12.3. The summed E-state index contributed by atoms with van der Waals surface area (Å²) >= 11 is 0. The van der Waals surface area contributed by atoms with Crippen molar-refractivity contribution in [3.8, 4) is 0 Å². The van der Waals surface area contributed by atoms with E-state index in [-0.39, 0.29) is 24.0 Å². The highest BCUT2D eigenvalue weighted by Crippen LogP contribution is 2.17. The van der Waals surface area contributed by atoms with Gasteiger partial charge in [-0.2, -0.15) is 0 Å². The molecular formula is C19H29N3O2. The van der Waals surface area contributed by atoms with Gasteiger partial charge in [0.25, 0.3) is 0 Å². The van der Waals surface area contributed by atoms with E-state index in [0.717, 1.165) is 25.7 Å². The molecule has 1 aliphatic carbocycles. The first-order valence-corrected chi connectivity index (χ1v) is 8.83. The van der Waals surface area contributed by atoms with Crippen molar-refractivity contribution < 1.29 is 9.59 Å². The van der Waals surface area contributed by atoms with Gasteiger partial charge in [-0.15, -0.1) is 0 Å². The molecule has 0 spiro atoms. The lowest BCUT2D eigenvalue weighted by molar-refractivity contribution is -0.124. The Bertz CT molecular complexity index is 567. The molecular weight excluding hydrogens is 302 g/mol. The number of imide groups is 1. The van der Waals surface area contributed by atoms with Crippen molar-refractivity contribution in [1.29, 1.82) is 0 Å². The number of aryl methyl sites for hydroxylation is 1. The molecule has 0 aliphatic heterocycles. The Morgan fingerprint density at radius 3 is 2.54 bits per heavy atom. The summed E-state index contributed by atoms with van der Waals surface area (Å²) < 4.78 is 0. The number of amides is 3. The number of urea groups is 1. The summed E-state index contributed by atoms with van der Waals surface area (Å²) in [4.78, 5) is 26.2. The van der Waals surface area contributed by atoms with Gasteiger partial charge in [0.2, 0.25) is 5.91 Å². The van der Waals surface area contributed by atoms with Gasteiger partial charge in [0, 0.05) is 12.6 Å². The Balaban J connectivity index is 1.82. The molecule has 132 valence electrons. The topological polar surface area (TPSA) is 61.4 Å². The second-order valence-corrected chi connectivity index (χ2v) is 6.82. The molecule has 0 aromatic heterocycles. The summed E-state index contributed by atoms with van der Waals surface area (Å²) in [5, 5.41) is 5.39. The van der Waals surface area contributed by atoms with Gasteiger partial charge in [0.15, 0.2) is 0 Å². The minimum absolute atomic E-state index is 0.201. The summed E-state index contributed by atoms with van der Waals surface area (Å²) in [5.74, 6) is -0.264. The molecule has 0 heterocycles. The van der Waals surface area contributed by atoms with E-state index in [1.165, 1.54) is 17.5 Å². The fraction of sp³-hybridized carbons (Fsp3) is 0.579. The molecule has 2 rings (SSSR count). The number of benzene rings is 1. The van der Waals surface area contributed by atoms with Crippen molar-refractivity contribution in [2.24, 2.45) is 0 Å². The molecule has 0 saturated heterocycles. The van der Waals surface area contributed by atoms with Crippen molar-refractivity contribution in [3.63, 3.8) is 0 Å². The number of hydrogen-bond acceptors (Lipinski definition) is 3. The van der Waals surface area contributed by atoms with Crippen molar-refractivity contribution in [1.82, 2.24) is 15.5 Å². The average molecular weight is 331 g/mol. The SMILES string of the molecule is Cc1ccccc1CN(C)C(C)C(=O)NC(=O)NC1CCCCC1. The zero-order chi connectivity index (χ0) is 17.5. The third kappa shape index (κ3) is 5.34. The molecule has 1 fully saturated rings. The van der Waals surface area contributed by atoms with E-state index in [9.17, 15) is 9.59 Å². The third-order valence-corrected chi connectivity index (χ3v) is 4.90. The summed E-state index contributed by atoms with van der Waals surface area (Å²) in [5.41, 5.74) is 2.39. The highest BCUT2D eigenvalue weighted by atomic mass is 16.2. The number of hydrogen-bond donors (Lipinski definition) is 2. The van der Waals surface area contributed by atoms with E-state index >= 15 is 0 Å². The van der Waals surface area contributed by atoms with E-state index in [0.29, 0.717) is 6.54 Å². The van der Waals surface area contributed by atoms with E-state index in [2.05, 4.69) is 29.7 Å². The Morgan fingerprint density at radius 1 is 1.21 bits per heavy atom. The molecule has 1 aromatic rings. The monoisotopic (exact) mass is 331 g/mol. The molecule has 0 radical (unpaired) electrons. The molecule has 24 heavy (non-hydrogen) atoms. The third-order valence-electron chi connectivity index (χ3n) is 4.90. The Kier molecular flexibility index (Phi) is 6.79. The lowest BCUT2D eigenvalue weighted by Crippen LogP contribution is -2.50. The van der Waals surface area contributed by atoms with Gasteiger partial charge in [-0.25, -0.2) is 4.79 Å². The number of likely N-dealkylation sites (N-methyl/N-ethyl adjacent to an activating group) is 1. The molecule has 0 bridgehead atoms. The fourth-order valence-electron chi connectivity index (χ4n) is 3.08. The van der Waals surface area contributed by atoms with Gasteiger partial charge in [-0.3, -0.25) is 15.0 Å². The fourth-order valence-corrected chi connectivity index (χ4v) is 3.08. The normalized spacial score (nSPS) is 16.7. The molecule has 1 aliphatic rings. The first-order chi connectivity index (χ1) is 11.5. The predicted octanol–water partition coefficient (Wildman–Crippen LogP) is 2.97. The maximum absolute atomic E-state index is 12.3. The van der Waals surface area contributed by atoms with Crippen LogP contribution >= 0.6 is 0 Å². The molecule has 5 nitrogen and oxygen atoms in total. The molecule has 1 saturated carbocycles. The van der Waals surface area contributed by atoms with Crippen LogP contribution in [0.4, 0.5) is 4.79 Å². The molecule has 5 heteroatoms. The van der Waals surface area contributed by atoms with Crippen LogP contribution in [-0.2, 0) is 11.3 Å². The number of nitrogens with one attached hydrogen (secondary N) is 2. The highest BCUT2D eigenvalue weighted by molar-refractivity contribution is 5.96. The van der Waals surface area contributed by atoms with Crippen LogP contribution in [0.2, 0.25) is 0 Å². The summed E-state index contributed by atoms with van der Waals surface area (Å²) in [6.07, 6.45) is 5.54. The van der Waals surface area contributed by atoms with Crippen LogP contribution in [0.25, 0.3) is 0 Å². The first-order valence-electron chi connectivity index (χ1n) is 8.83. The minimum Gasteiger partial charge on any atom is -0.335 e. The van der Waals surface area contributed by atoms with Crippen LogP contribution < -0.4 is 10.6 Å². The second kappa shape index (κ2) is 8.83. The highest BCUT2D eigenvalue weighted by Gasteiger charge is 2.22. The molecule has 1 atom stereocenters. The number of carbonyl (C=O) groups is 2. The van der Waals surface area contributed by atoms with Crippen molar-refractivity contribution in [2.75, 3.05) is 7.05 Å². The zero-order valence-electron chi connectivity index (χ0n) is 15.0. The number of nitrogens with zero attached hydrogens (tertiary/aromatic N) is 1. The largest absolute Gasteiger partial charge is 0.335 e. The zero-order valence-corrected chi connectivity index (χ0v) is 15.0. The lowest BCUT2D eigenvalue weighted by atomic mass is 9.96. The van der Waals surface area contributed by atoms with Gasteiger partial charge in [-0.1, -0.05) is 43.5 Å². The van der Waals surface area contributed by atoms with Crippen LogP contribution in [0, 0.1) is 6.92 Å². The Labute approximate surface area is 144 Å². The average Bonchev–Trinajstić information content (AvgIpc) is 2.57. The molecule has 1 aromatic carbocycles. The minimum atomic E-state index is -0.373. The van der Waals surface area contributed by atoms with E-state index < -0.39 is 0 Å². The van der Waals surface area contributed by atoms with Crippen LogP contribution in [-0.4, -0.2) is 36.0 Å². The standard InChI is InChI=1S/C19H29N3O2/c1-14-9-7-8-10-16(14)13-22(3)15(2)18(23)21-19(24)20-17-11-5-4-6-12-17/h7-10,15,17H,4-6,11-13H2,1-3H3,(H2,20,21,23,24). The summed E-state index contributed by atoms with van der Waals surface area (Å²) in [7, 11) is 1.90. The Hall–Kier alpha value is -1.88. The quantitative estimate of drug-likeness (QED) is 0.872. The van der Waals surface area contributed by atoms with Crippen LogP contribution in [0.15, 0.2) is 24.3 Å². The molecule has 1 unspecified atom stereocenters. The molecule has 2 N–H and O–H groups in total. The lowest BCUT2D eigenvalue weighted by Gasteiger charge is -2.26. The van der Waals surface area contributed by atoms with Crippen LogP contribution in [0.3, 0.4) is 0 Å². The van der Waals surface area contributed by atoms with E-state index in [1.807, 2.05) is 31.0 Å². The van der Waals surface area contributed by atoms with Gasteiger partial charge >= 0.3 is 6.03 Å². The van der Waals surface area contributed by atoms with Gasteiger partial charge < -0.3 is 5.32 Å². The number of rotatable bonds is 5. The molecule has 3 amide bonds. The van der Waals surface area contributed by atoms with Crippen LogP contribution in [0.1, 0.15) is 50.2 Å². The van der Waals surface area contributed by atoms with Crippen molar-refractivity contribution >= 4 is 11.9 Å². The van der Waals surface area contributed by atoms with Crippen LogP contribution in [0.5, 0.6) is 0 Å². The summed E-state index contributed by atoms with van der Waals surface area (Å²) in [6, 6.07) is 7.58. The summed E-state index contributed by atoms with van der Waals surface area (Å²) in [6.45, 7) is 4.55.